The third kappa shape index (κ3) is 7.74. The van der Waals surface area contributed by atoms with E-state index in [9.17, 15) is 22.4 Å². The third-order valence-electron chi connectivity index (χ3n) is 6.06. The minimum Gasteiger partial charge on any atom is -0.350 e. The van der Waals surface area contributed by atoms with Crippen LogP contribution in [0, 0.1) is 12.7 Å². The fraction of sp³-hybridized carbons (Fsp3) is 0.310. The SMILES string of the molecule is Cc1ccc(N(CC(=O)N(Cc2c(Cl)cccc2Cl)[C@@H](C)C(=O)NC(C)(C)C)S(=O)(=O)c2ccc(F)cc2)cc1. The van der Waals surface area contributed by atoms with Crippen LogP contribution in [0.2, 0.25) is 10.0 Å². The average Bonchev–Trinajstić information content (AvgIpc) is 2.86. The van der Waals surface area contributed by atoms with Gasteiger partial charge in [-0.25, -0.2) is 12.8 Å². The molecule has 0 fully saturated rings. The predicted octanol–water partition coefficient (Wildman–Crippen LogP) is 5.97. The lowest BCUT2D eigenvalue weighted by Gasteiger charge is -2.33. The summed E-state index contributed by atoms with van der Waals surface area (Å²) in [6, 6.07) is 14.8. The van der Waals surface area contributed by atoms with Crippen LogP contribution >= 0.6 is 23.2 Å². The van der Waals surface area contributed by atoms with Crippen molar-refractivity contribution in [3.05, 3.63) is 93.7 Å². The van der Waals surface area contributed by atoms with Gasteiger partial charge in [0.1, 0.15) is 18.4 Å². The Morgan fingerprint density at radius 3 is 2.02 bits per heavy atom. The van der Waals surface area contributed by atoms with Crippen LogP contribution in [0.3, 0.4) is 0 Å². The first-order valence-corrected chi connectivity index (χ1v) is 14.7. The van der Waals surface area contributed by atoms with Crippen molar-refractivity contribution in [2.75, 3.05) is 10.8 Å². The van der Waals surface area contributed by atoms with E-state index in [4.69, 9.17) is 23.2 Å². The van der Waals surface area contributed by atoms with Crippen LogP contribution in [-0.4, -0.2) is 43.3 Å². The number of benzene rings is 3. The van der Waals surface area contributed by atoms with Crippen molar-refractivity contribution >= 4 is 50.7 Å². The maximum absolute atomic E-state index is 14.0. The molecule has 0 aliphatic heterocycles. The van der Waals surface area contributed by atoms with Gasteiger partial charge in [0, 0.05) is 27.7 Å². The van der Waals surface area contributed by atoms with E-state index >= 15 is 0 Å². The van der Waals surface area contributed by atoms with E-state index in [1.54, 1.807) is 49.4 Å². The fourth-order valence-corrected chi connectivity index (χ4v) is 5.82. The van der Waals surface area contributed by atoms with Crippen LogP contribution in [0.25, 0.3) is 0 Å². The second kappa shape index (κ2) is 12.6. The highest BCUT2D eigenvalue weighted by atomic mass is 35.5. The summed E-state index contributed by atoms with van der Waals surface area (Å²) in [5.41, 5.74) is 0.947. The lowest BCUT2D eigenvalue weighted by atomic mass is 10.1. The lowest BCUT2D eigenvalue weighted by molar-refractivity contribution is -0.140. The summed E-state index contributed by atoms with van der Waals surface area (Å²) in [6.45, 7) is 8.04. The molecule has 0 bridgehead atoms. The van der Waals surface area contributed by atoms with Crippen LogP contribution in [-0.2, 0) is 26.2 Å². The van der Waals surface area contributed by atoms with Gasteiger partial charge in [0.15, 0.2) is 0 Å². The molecule has 0 saturated heterocycles. The quantitative estimate of drug-likeness (QED) is 0.325. The van der Waals surface area contributed by atoms with E-state index < -0.39 is 45.8 Å². The number of amides is 2. The van der Waals surface area contributed by atoms with Crippen molar-refractivity contribution in [1.82, 2.24) is 10.2 Å². The summed E-state index contributed by atoms with van der Waals surface area (Å²) in [6.07, 6.45) is 0. The third-order valence-corrected chi connectivity index (χ3v) is 8.55. The first-order chi connectivity index (χ1) is 18.6. The van der Waals surface area contributed by atoms with Crippen molar-refractivity contribution in [2.45, 2.75) is 57.6 Å². The summed E-state index contributed by atoms with van der Waals surface area (Å²) >= 11 is 12.8. The monoisotopic (exact) mass is 607 g/mol. The Bertz CT molecular complexity index is 1450. The standard InChI is InChI=1S/C29H32Cl2FN3O4S/c1-19-9-13-22(14-10-19)35(40(38,39)23-15-11-21(32)12-16-23)18-27(36)34(20(2)28(37)33-29(3,4)5)17-24-25(30)7-6-8-26(24)31/h6-16,20H,17-18H2,1-5H3,(H,33,37)/t20-/m0/s1. The summed E-state index contributed by atoms with van der Waals surface area (Å²) in [4.78, 5) is 28.2. The molecule has 3 rings (SSSR count). The minimum atomic E-state index is -4.31. The molecule has 0 aliphatic rings. The number of halogens is 3. The van der Waals surface area contributed by atoms with Gasteiger partial charge in [-0.1, -0.05) is 47.0 Å². The van der Waals surface area contributed by atoms with Gasteiger partial charge in [0.25, 0.3) is 10.0 Å². The van der Waals surface area contributed by atoms with Crippen molar-refractivity contribution in [1.29, 1.82) is 0 Å². The Morgan fingerprint density at radius 1 is 0.950 bits per heavy atom. The van der Waals surface area contributed by atoms with Gasteiger partial charge in [0.2, 0.25) is 11.8 Å². The van der Waals surface area contributed by atoms with E-state index in [1.807, 2.05) is 27.7 Å². The summed E-state index contributed by atoms with van der Waals surface area (Å²) in [5.74, 6) is -1.70. The normalized spacial score (nSPS) is 12.5. The molecule has 0 spiro atoms. The highest BCUT2D eigenvalue weighted by Gasteiger charge is 2.34. The molecule has 3 aromatic rings. The van der Waals surface area contributed by atoms with Gasteiger partial charge in [-0.2, -0.15) is 0 Å². The number of anilines is 1. The van der Waals surface area contributed by atoms with Gasteiger partial charge in [0.05, 0.1) is 10.6 Å². The molecular formula is C29H32Cl2FN3O4S. The summed E-state index contributed by atoms with van der Waals surface area (Å²) in [5, 5.41) is 3.44. The molecule has 214 valence electrons. The van der Waals surface area contributed by atoms with Gasteiger partial charge in [-0.15, -0.1) is 0 Å². The number of sulfonamides is 1. The average molecular weight is 609 g/mol. The largest absolute Gasteiger partial charge is 0.350 e. The number of nitrogens with one attached hydrogen (secondary N) is 1. The first-order valence-electron chi connectivity index (χ1n) is 12.5. The van der Waals surface area contributed by atoms with E-state index in [2.05, 4.69) is 5.32 Å². The minimum absolute atomic E-state index is 0.144. The maximum Gasteiger partial charge on any atom is 0.264 e. The number of rotatable bonds is 9. The number of aryl methyl sites for hydroxylation is 1. The van der Waals surface area contributed by atoms with Crippen LogP contribution < -0.4 is 9.62 Å². The van der Waals surface area contributed by atoms with E-state index in [0.717, 1.165) is 34.1 Å². The number of hydrogen-bond acceptors (Lipinski definition) is 4. The molecule has 3 aromatic carbocycles. The smallest absolute Gasteiger partial charge is 0.264 e. The molecule has 0 heterocycles. The molecule has 40 heavy (non-hydrogen) atoms. The highest BCUT2D eigenvalue weighted by molar-refractivity contribution is 7.92. The Morgan fingerprint density at radius 2 is 1.50 bits per heavy atom. The fourth-order valence-electron chi connectivity index (χ4n) is 3.88. The highest BCUT2D eigenvalue weighted by Crippen LogP contribution is 2.28. The number of carbonyl (C=O) groups is 2. The van der Waals surface area contributed by atoms with Crippen molar-refractivity contribution in [3.8, 4) is 0 Å². The van der Waals surface area contributed by atoms with E-state index in [-0.39, 0.29) is 17.1 Å². The molecule has 0 aromatic heterocycles. The maximum atomic E-state index is 14.0. The number of hydrogen-bond donors (Lipinski definition) is 1. The topological polar surface area (TPSA) is 86.8 Å². The number of carbonyl (C=O) groups excluding carboxylic acids is 2. The zero-order valence-electron chi connectivity index (χ0n) is 22.9. The second-order valence-corrected chi connectivity index (χ2v) is 13.1. The van der Waals surface area contributed by atoms with Crippen LogP contribution in [0.5, 0.6) is 0 Å². The van der Waals surface area contributed by atoms with Crippen molar-refractivity contribution in [2.24, 2.45) is 0 Å². The van der Waals surface area contributed by atoms with Crippen molar-refractivity contribution in [3.63, 3.8) is 0 Å². The van der Waals surface area contributed by atoms with Gasteiger partial charge in [-0.3, -0.25) is 13.9 Å². The zero-order chi connectivity index (χ0) is 29.8. The molecule has 7 nitrogen and oxygen atoms in total. The van der Waals surface area contributed by atoms with Crippen LogP contribution in [0.1, 0.15) is 38.8 Å². The molecule has 0 radical (unpaired) electrons. The molecule has 0 saturated carbocycles. The Balaban J connectivity index is 2.07. The van der Waals surface area contributed by atoms with Gasteiger partial charge < -0.3 is 10.2 Å². The van der Waals surface area contributed by atoms with E-state index in [1.165, 1.54) is 4.90 Å². The Labute approximate surface area is 244 Å². The first kappa shape index (κ1) is 31.4. The van der Waals surface area contributed by atoms with Crippen LogP contribution in [0.15, 0.2) is 71.6 Å². The molecule has 0 unspecified atom stereocenters. The lowest BCUT2D eigenvalue weighted by Crippen LogP contribution is -2.54. The second-order valence-electron chi connectivity index (χ2n) is 10.4. The molecule has 2 amide bonds. The Kier molecular flexibility index (Phi) is 9.87. The molecule has 11 heteroatoms. The Hall–Kier alpha value is -3.14. The van der Waals surface area contributed by atoms with Gasteiger partial charge in [-0.05, 0) is 83.1 Å². The van der Waals surface area contributed by atoms with E-state index in [0.29, 0.717) is 15.6 Å². The summed E-state index contributed by atoms with van der Waals surface area (Å²) in [7, 11) is -4.31. The summed E-state index contributed by atoms with van der Waals surface area (Å²) < 4.78 is 42.0. The van der Waals surface area contributed by atoms with Crippen LogP contribution in [0.4, 0.5) is 10.1 Å². The molecule has 1 N–H and O–H groups in total. The predicted molar refractivity (Wildman–Crippen MR) is 156 cm³/mol. The number of nitrogens with zero attached hydrogens (tertiary/aromatic N) is 2. The zero-order valence-corrected chi connectivity index (χ0v) is 25.2. The van der Waals surface area contributed by atoms with Crippen molar-refractivity contribution < 1.29 is 22.4 Å². The van der Waals surface area contributed by atoms with Gasteiger partial charge >= 0.3 is 0 Å². The molecular weight excluding hydrogens is 576 g/mol. The molecule has 1 atom stereocenters. The molecule has 0 aliphatic carbocycles.